The minimum Gasteiger partial charge on any atom is -0.383 e. The Bertz CT molecular complexity index is 1150. The largest absolute Gasteiger partial charge is 0.383 e. The molecular weight excluding hydrogens is 412 g/mol. The number of methoxy groups -OCH3 is 1. The molecule has 1 aliphatic rings. The van der Waals surface area contributed by atoms with Crippen molar-refractivity contribution in [3.63, 3.8) is 0 Å². The maximum absolute atomic E-state index is 12.8. The molecule has 0 aliphatic carbocycles. The highest BCUT2D eigenvalue weighted by Gasteiger charge is 2.32. The molecule has 0 saturated carbocycles. The molecule has 1 unspecified atom stereocenters. The van der Waals surface area contributed by atoms with Crippen LogP contribution in [0, 0.1) is 6.92 Å². The van der Waals surface area contributed by atoms with Crippen LogP contribution in [0.3, 0.4) is 0 Å². The number of aromatic nitrogens is 3. The fourth-order valence-electron chi connectivity index (χ4n) is 3.71. The van der Waals surface area contributed by atoms with Gasteiger partial charge in [-0.05, 0) is 30.9 Å². The molecule has 1 aliphatic heterocycles. The van der Waals surface area contributed by atoms with Gasteiger partial charge in [-0.15, -0.1) is 11.3 Å². The molecule has 1 fully saturated rings. The lowest BCUT2D eigenvalue weighted by Gasteiger charge is -2.14. The van der Waals surface area contributed by atoms with Gasteiger partial charge in [-0.1, -0.05) is 6.07 Å². The van der Waals surface area contributed by atoms with Gasteiger partial charge in [0.25, 0.3) is 5.91 Å². The predicted molar refractivity (Wildman–Crippen MR) is 112 cm³/mol. The van der Waals surface area contributed by atoms with E-state index in [2.05, 4.69) is 15.3 Å². The average molecular weight is 435 g/mol. The molecule has 154 valence electrons. The number of pyridine rings is 1. The standard InChI is InChI=1S/C19H22N4O4S2/c1-12-21-17-15(23(12)13-5-9-29(25,26)11-13)10-14(16-4-3-8-28-16)22-18(17)19(24)20-6-7-27-2/h3-4,8,10,13H,5-7,9,11H2,1-2H3,(H,20,24). The first-order valence-electron chi connectivity index (χ1n) is 9.30. The van der Waals surface area contributed by atoms with Gasteiger partial charge in [-0.25, -0.2) is 18.4 Å². The number of rotatable bonds is 6. The second-order valence-electron chi connectivity index (χ2n) is 7.04. The van der Waals surface area contributed by atoms with Gasteiger partial charge in [0.2, 0.25) is 0 Å². The van der Waals surface area contributed by atoms with E-state index in [-0.39, 0.29) is 29.1 Å². The molecule has 4 heterocycles. The molecular formula is C19H22N4O4S2. The summed E-state index contributed by atoms with van der Waals surface area (Å²) < 4.78 is 31.0. The van der Waals surface area contributed by atoms with Crippen LogP contribution >= 0.6 is 11.3 Å². The predicted octanol–water partition coefficient (Wildman–Crippen LogP) is 2.20. The summed E-state index contributed by atoms with van der Waals surface area (Å²) in [4.78, 5) is 23.0. The minimum atomic E-state index is -3.06. The lowest BCUT2D eigenvalue weighted by molar-refractivity contribution is 0.0934. The molecule has 0 radical (unpaired) electrons. The molecule has 10 heteroatoms. The summed E-state index contributed by atoms with van der Waals surface area (Å²) in [5.74, 6) is 0.613. The molecule has 1 saturated heterocycles. The van der Waals surface area contributed by atoms with Gasteiger partial charge in [0.1, 0.15) is 11.3 Å². The summed E-state index contributed by atoms with van der Waals surface area (Å²) in [5, 5.41) is 4.76. The Morgan fingerprint density at radius 2 is 2.24 bits per heavy atom. The van der Waals surface area contributed by atoms with E-state index in [1.807, 2.05) is 35.1 Å². The van der Waals surface area contributed by atoms with Crippen molar-refractivity contribution in [2.45, 2.75) is 19.4 Å². The zero-order valence-electron chi connectivity index (χ0n) is 16.2. The van der Waals surface area contributed by atoms with E-state index in [0.29, 0.717) is 36.6 Å². The Morgan fingerprint density at radius 3 is 2.90 bits per heavy atom. The molecule has 29 heavy (non-hydrogen) atoms. The molecule has 0 spiro atoms. The topological polar surface area (TPSA) is 103 Å². The summed E-state index contributed by atoms with van der Waals surface area (Å²) in [5.41, 5.74) is 2.14. The molecule has 3 aromatic rings. The molecule has 1 atom stereocenters. The van der Waals surface area contributed by atoms with Crippen LogP contribution in [-0.2, 0) is 14.6 Å². The van der Waals surface area contributed by atoms with Crippen LogP contribution < -0.4 is 5.32 Å². The molecule has 0 aromatic carbocycles. The highest BCUT2D eigenvalue weighted by molar-refractivity contribution is 7.91. The first-order valence-corrected chi connectivity index (χ1v) is 12.0. The lowest BCUT2D eigenvalue weighted by Crippen LogP contribution is -2.28. The summed E-state index contributed by atoms with van der Waals surface area (Å²) in [7, 11) is -1.49. The summed E-state index contributed by atoms with van der Waals surface area (Å²) >= 11 is 1.53. The summed E-state index contributed by atoms with van der Waals surface area (Å²) in [6.07, 6.45) is 0.542. The number of nitrogens with zero attached hydrogens (tertiary/aromatic N) is 3. The molecule has 1 N–H and O–H groups in total. The van der Waals surface area contributed by atoms with E-state index in [4.69, 9.17) is 4.74 Å². The number of thiophene rings is 1. The molecule has 4 rings (SSSR count). The number of carbonyl (C=O) groups is 1. The van der Waals surface area contributed by atoms with Crippen molar-refractivity contribution >= 4 is 38.1 Å². The number of hydrogen-bond acceptors (Lipinski definition) is 7. The number of fused-ring (bicyclic) bond motifs is 1. The van der Waals surface area contributed by atoms with Gasteiger partial charge in [-0.3, -0.25) is 4.79 Å². The van der Waals surface area contributed by atoms with Crippen LogP contribution in [0.5, 0.6) is 0 Å². The van der Waals surface area contributed by atoms with Crippen molar-refractivity contribution in [3.8, 4) is 10.6 Å². The third-order valence-corrected chi connectivity index (χ3v) is 7.65. The van der Waals surface area contributed by atoms with Crippen molar-refractivity contribution in [2.24, 2.45) is 0 Å². The van der Waals surface area contributed by atoms with Crippen LogP contribution in [0.15, 0.2) is 23.6 Å². The molecule has 8 nitrogen and oxygen atoms in total. The third kappa shape index (κ3) is 3.92. The van der Waals surface area contributed by atoms with Crippen molar-refractivity contribution in [1.29, 1.82) is 0 Å². The van der Waals surface area contributed by atoms with Crippen molar-refractivity contribution in [2.75, 3.05) is 31.8 Å². The number of carbonyl (C=O) groups excluding carboxylic acids is 1. The van der Waals surface area contributed by atoms with Gasteiger partial charge in [-0.2, -0.15) is 0 Å². The quantitative estimate of drug-likeness (QED) is 0.597. The van der Waals surface area contributed by atoms with E-state index >= 15 is 0 Å². The number of nitrogens with one attached hydrogen (secondary N) is 1. The first kappa shape index (κ1) is 20.0. The monoisotopic (exact) mass is 434 g/mol. The Hall–Kier alpha value is -2.30. The number of sulfone groups is 1. The number of ether oxygens (including phenoxy) is 1. The second-order valence-corrected chi connectivity index (χ2v) is 10.2. The third-order valence-electron chi connectivity index (χ3n) is 5.01. The number of amides is 1. The number of aryl methyl sites for hydroxylation is 1. The van der Waals surface area contributed by atoms with E-state index in [1.165, 1.54) is 11.3 Å². The Labute approximate surface area is 172 Å². The highest BCUT2D eigenvalue weighted by Crippen LogP contribution is 2.33. The van der Waals surface area contributed by atoms with Crippen LogP contribution in [0.4, 0.5) is 0 Å². The maximum Gasteiger partial charge on any atom is 0.272 e. The van der Waals surface area contributed by atoms with Crippen LogP contribution in [0.2, 0.25) is 0 Å². The van der Waals surface area contributed by atoms with Gasteiger partial charge >= 0.3 is 0 Å². The molecule has 1 amide bonds. The first-order chi connectivity index (χ1) is 13.9. The summed E-state index contributed by atoms with van der Waals surface area (Å²) in [6.45, 7) is 2.59. The zero-order valence-corrected chi connectivity index (χ0v) is 17.8. The maximum atomic E-state index is 12.8. The van der Waals surface area contributed by atoms with E-state index < -0.39 is 9.84 Å². The highest BCUT2D eigenvalue weighted by atomic mass is 32.2. The van der Waals surface area contributed by atoms with Crippen molar-refractivity contribution in [3.05, 3.63) is 35.1 Å². The number of imidazole rings is 1. The van der Waals surface area contributed by atoms with Gasteiger partial charge in [0.05, 0.1) is 40.2 Å². The fraction of sp³-hybridized carbons (Fsp3) is 0.421. The van der Waals surface area contributed by atoms with E-state index in [0.717, 1.165) is 10.4 Å². The Kier molecular flexibility index (Phi) is 5.41. The number of hydrogen-bond donors (Lipinski definition) is 1. The zero-order chi connectivity index (χ0) is 20.6. The SMILES string of the molecule is COCCNC(=O)c1nc(-c2cccs2)cc2c1nc(C)n2C1CCS(=O)(=O)C1. The van der Waals surface area contributed by atoms with Gasteiger partial charge < -0.3 is 14.6 Å². The lowest BCUT2D eigenvalue weighted by atomic mass is 10.2. The molecule has 3 aromatic heterocycles. The second kappa shape index (κ2) is 7.85. The summed E-state index contributed by atoms with van der Waals surface area (Å²) in [6, 6.07) is 5.58. The van der Waals surface area contributed by atoms with Crippen molar-refractivity contribution in [1.82, 2.24) is 19.9 Å². The normalized spacial score (nSPS) is 18.3. The van der Waals surface area contributed by atoms with Crippen LogP contribution in [0.1, 0.15) is 28.8 Å². The Morgan fingerprint density at radius 1 is 1.41 bits per heavy atom. The van der Waals surface area contributed by atoms with Crippen molar-refractivity contribution < 1.29 is 17.9 Å². The molecule has 0 bridgehead atoms. The van der Waals surface area contributed by atoms with E-state index in [1.54, 1.807) is 7.11 Å². The van der Waals surface area contributed by atoms with Crippen LogP contribution in [-0.4, -0.2) is 60.6 Å². The average Bonchev–Trinajstić information content (AvgIpc) is 3.39. The van der Waals surface area contributed by atoms with Gasteiger partial charge in [0, 0.05) is 13.7 Å². The van der Waals surface area contributed by atoms with Crippen LogP contribution in [0.25, 0.3) is 21.6 Å². The van der Waals surface area contributed by atoms with E-state index in [9.17, 15) is 13.2 Å². The Balaban J connectivity index is 1.86. The minimum absolute atomic E-state index is 0.0886. The fourth-order valence-corrected chi connectivity index (χ4v) is 6.09. The van der Waals surface area contributed by atoms with Gasteiger partial charge in [0.15, 0.2) is 15.5 Å². The smallest absolute Gasteiger partial charge is 0.272 e.